The fourth-order valence-electron chi connectivity index (χ4n) is 4.27. The number of hydrogen-bond donors (Lipinski definition) is 1. The van der Waals surface area contributed by atoms with Gasteiger partial charge in [0.2, 0.25) is 0 Å². The van der Waals surface area contributed by atoms with E-state index < -0.39 is 23.5 Å². The largest absolute Gasteiger partial charge is 0.507 e. The van der Waals surface area contributed by atoms with Crippen LogP contribution in [0.4, 0.5) is 4.39 Å². The number of carbonyl (C=O) groups is 2. The van der Waals surface area contributed by atoms with Crippen molar-refractivity contribution < 1.29 is 28.6 Å². The Morgan fingerprint density at radius 1 is 1.15 bits per heavy atom. The Hall–Kier alpha value is -3.19. The number of halogens is 1. The molecule has 0 bridgehead atoms. The van der Waals surface area contributed by atoms with Crippen molar-refractivity contribution in [1.82, 2.24) is 4.90 Å². The summed E-state index contributed by atoms with van der Waals surface area (Å²) in [6, 6.07) is 11.6. The second-order valence-corrected chi connectivity index (χ2v) is 8.36. The molecule has 2 aliphatic rings. The van der Waals surface area contributed by atoms with Crippen LogP contribution in [0.15, 0.2) is 54.1 Å². The molecule has 0 radical (unpaired) electrons. The van der Waals surface area contributed by atoms with Crippen molar-refractivity contribution in [2.75, 3.05) is 19.8 Å². The number of amides is 1. The smallest absolute Gasteiger partial charge is 0.295 e. The van der Waals surface area contributed by atoms with Crippen molar-refractivity contribution in [3.63, 3.8) is 0 Å². The lowest BCUT2D eigenvalue weighted by Gasteiger charge is -2.27. The van der Waals surface area contributed by atoms with Crippen LogP contribution in [0, 0.1) is 5.82 Å². The molecular weight excluding hydrogens is 425 g/mol. The molecule has 0 aromatic heterocycles. The minimum atomic E-state index is -0.774. The predicted octanol–water partition coefficient (Wildman–Crippen LogP) is 4.61. The molecule has 2 aromatic rings. The molecule has 2 fully saturated rings. The van der Waals surface area contributed by atoms with Gasteiger partial charge in [-0.05, 0) is 61.2 Å². The summed E-state index contributed by atoms with van der Waals surface area (Å²) >= 11 is 0. The molecule has 2 atom stereocenters. The van der Waals surface area contributed by atoms with Gasteiger partial charge < -0.3 is 19.5 Å². The van der Waals surface area contributed by atoms with Crippen LogP contribution in [0.3, 0.4) is 0 Å². The average Bonchev–Trinajstić information content (AvgIpc) is 3.42. The summed E-state index contributed by atoms with van der Waals surface area (Å²) in [6.45, 7) is 3.57. The standard InChI is InChI=1S/C26H28FNO5/c1-2-3-14-32-20-12-8-17(9-13-20)23-22(24(29)18-6-10-19(27)11-7-18)25(30)26(31)28(23)16-21-5-4-15-33-21/h6-13,21,23,29H,2-5,14-16H2,1H3/b24-22-. The van der Waals surface area contributed by atoms with Gasteiger partial charge in [0, 0.05) is 18.7 Å². The number of ketones is 1. The zero-order chi connectivity index (χ0) is 23.4. The number of Topliss-reactive ketones (excluding diaryl/α,β-unsaturated/α-hetero) is 1. The van der Waals surface area contributed by atoms with Gasteiger partial charge in [0.05, 0.1) is 24.3 Å². The maximum Gasteiger partial charge on any atom is 0.295 e. The molecule has 0 spiro atoms. The van der Waals surface area contributed by atoms with Gasteiger partial charge in [0.15, 0.2) is 0 Å². The summed E-state index contributed by atoms with van der Waals surface area (Å²) in [6.07, 6.45) is 3.52. The van der Waals surface area contributed by atoms with Gasteiger partial charge in [-0.2, -0.15) is 0 Å². The zero-order valence-electron chi connectivity index (χ0n) is 18.6. The van der Waals surface area contributed by atoms with Crippen LogP contribution in [0.2, 0.25) is 0 Å². The van der Waals surface area contributed by atoms with E-state index in [1.165, 1.54) is 29.2 Å². The second kappa shape index (κ2) is 10.2. The Morgan fingerprint density at radius 3 is 2.52 bits per heavy atom. The second-order valence-electron chi connectivity index (χ2n) is 8.36. The highest BCUT2D eigenvalue weighted by atomic mass is 19.1. The first-order valence-corrected chi connectivity index (χ1v) is 11.4. The Kier molecular flexibility index (Phi) is 7.08. The lowest BCUT2D eigenvalue weighted by Crippen LogP contribution is -2.36. The van der Waals surface area contributed by atoms with Crippen LogP contribution < -0.4 is 4.74 Å². The van der Waals surface area contributed by atoms with E-state index >= 15 is 0 Å². The Bertz CT molecular complexity index is 1030. The molecule has 2 aliphatic heterocycles. The molecule has 6 nitrogen and oxygen atoms in total. The lowest BCUT2D eigenvalue weighted by molar-refractivity contribution is -0.140. The molecule has 7 heteroatoms. The minimum absolute atomic E-state index is 0.00995. The molecule has 1 N–H and O–H groups in total. The molecule has 4 rings (SSSR count). The predicted molar refractivity (Wildman–Crippen MR) is 121 cm³/mol. The number of rotatable bonds is 8. The van der Waals surface area contributed by atoms with Crippen LogP contribution in [-0.2, 0) is 14.3 Å². The van der Waals surface area contributed by atoms with Crippen molar-refractivity contribution >= 4 is 17.4 Å². The number of ether oxygens (including phenoxy) is 2. The van der Waals surface area contributed by atoms with E-state index in [0.717, 1.165) is 25.7 Å². The van der Waals surface area contributed by atoms with Crippen LogP contribution in [0.1, 0.15) is 49.8 Å². The first-order valence-electron chi connectivity index (χ1n) is 11.4. The Morgan fingerprint density at radius 2 is 1.88 bits per heavy atom. The van der Waals surface area contributed by atoms with Gasteiger partial charge in [0.25, 0.3) is 11.7 Å². The third kappa shape index (κ3) is 4.93. The minimum Gasteiger partial charge on any atom is -0.507 e. The SMILES string of the molecule is CCCCOc1ccc(C2/C(=C(/O)c3ccc(F)cc3)C(=O)C(=O)N2CC2CCCO2)cc1. The van der Waals surface area contributed by atoms with Crippen LogP contribution in [0.5, 0.6) is 5.75 Å². The van der Waals surface area contributed by atoms with Gasteiger partial charge in [0.1, 0.15) is 17.3 Å². The van der Waals surface area contributed by atoms with Crippen LogP contribution in [-0.4, -0.2) is 47.6 Å². The molecule has 0 aliphatic carbocycles. The monoisotopic (exact) mass is 453 g/mol. The molecule has 2 heterocycles. The van der Waals surface area contributed by atoms with E-state index in [1.807, 2.05) is 0 Å². The van der Waals surface area contributed by atoms with Gasteiger partial charge >= 0.3 is 0 Å². The van der Waals surface area contributed by atoms with E-state index in [2.05, 4.69) is 6.92 Å². The molecule has 2 aromatic carbocycles. The molecule has 1 amide bonds. The quantitative estimate of drug-likeness (QED) is 0.274. The van der Waals surface area contributed by atoms with Crippen LogP contribution >= 0.6 is 0 Å². The third-order valence-electron chi connectivity index (χ3n) is 6.04. The molecule has 174 valence electrons. The van der Waals surface area contributed by atoms with Crippen LogP contribution in [0.25, 0.3) is 5.76 Å². The number of likely N-dealkylation sites (tertiary alicyclic amines) is 1. The maximum atomic E-state index is 13.4. The first-order chi connectivity index (χ1) is 16.0. The number of carbonyl (C=O) groups excluding carboxylic acids is 2. The maximum absolute atomic E-state index is 13.4. The van der Waals surface area contributed by atoms with Gasteiger partial charge in [-0.25, -0.2) is 4.39 Å². The summed E-state index contributed by atoms with van der Waals surface area (Å²) < 4.78 is 24.8. The van der Waals surface area contributed by atoms with Gasteiger partial charge in [-0.15, -0.1) is 0 Å². The highest BCUT2D eigenvalue weighted by Gasteiger charge is 2.47. The van der Waals surface area contributed by atoms with Crippen molar-refractivity contribution in [3.05, 3.63) is 71.0 Å². The average molecular weight is 454 g/mol. The van der Waals surface area contributed by atoms with E-state index in [4.69, 9.17) is 9.47 Å². The number of aliphatic hydroxyl groups excluding tert-OH is 1. The Balaban J connectivity index is 1.72. The highest BCUT2D eigenvalue weighted by Crippen LogP contribution is 2.40. The summed E-state index contributed by atoms with van der Waals surface area (Å²) in [5, 5.41) is 11.0. The van der Waals surface area contributed by atoms with Crippen molar-refractivity contribution in [2.45, 2.75) is 44.8 Å². The Labute approximate surface area is 192 Å². The third-order valence-corrected chi connectivity index (χ3v) is 6.04. The number of benzene rings is 2. The fraction of sp³-hybridized carbons (Fsp3) is 0.385. The summed E-state index contributed by atoms with van der Waals surface area (Å²) in [4.78, 5) is 27.5. The molecule has 2 saturated heterocycles. The van der Waals surface area contributed by atoms with E-state index in [1.54, 1.807) is 24.3 Å². The van der Waals surface area contributed by atoms with Gasteiger partial charge in [-0.3, -0.25) is 9.59 Å². The normalized spacial score (nSPS) is 22.2. The van der Waals surface area contributed by atoms with Crippen molar-refractivity contribution in [1.29, 1.82) is 0 Å². The molecular formula is C26H28FNO5. The highest BCUT2D eigenvalue weighted by molar-refractivity contribution is 6.46. The van der Waals surface area contributed by atoms with E-state index in [0.29, 0.717) is 24.5 Å². The van der Waals surface area contributed by atoms with E-state index in [-0.39, 0.29) is 29.5 Å². The lowest BCUT2D eigenvalue weighted by atomic mass is 9.95. The molecule has 0 saturated carbocycles. The van der Waals surface area contributed by atoms with Gasteiger partial charge in [-0.1, -0.05) is 25.5 Å². The first kappa shape index (κ1) is 23.0. The molecule has 2 unspecified atom stereocenters. The number of unbranched alkanes of at least 4 members (excludes halogenated alkanes) is 1. The molecule has 33 heavy (non-hydrogen) atoms. The topological polar surface area (TPSA) is 76.1 Å². The number of aliphatic hydroxyl groups is 1. The summed E-state index contributed by atoms with van der Waals surface area (Å²) in [5.74, 6) is -1.52. The zero-order valence-corrected chi connectivity index (χ0v) is 18.6. The van der Waals surface area contributed by atoms with E-state index in [9.17, 15) is 19.1 Å². The van der Waals surface area contributed by atoms with Crippen molar-refractivity contribution in [3.8, 4) is 5.75 Å². The van der Waals surface area contributed by atoms with Crippen molar-refractivity contribution in [2.24, 2.45) is 0 Å². The fourth-order valence-corrected chi connectivity index (χ4v) is 4.27. The summed E-state index contributed by atoms with van der Waals surface area (Å²) in [5.41, 5.74) is 0.944. The number of nitrogens with zero attached hydrogens (tertiary/aromatic N) is 1. The number of hydrogen-bond acceptors (Lipinski definition) is 5. The summed E-state index contributed by atoms with van der Waals surface area (Å²) in [7, 11) is 0.